The number of amides is 1. The van der Waals surface area contributed by atoms with Crippen LogP contribution in [0.3, 0.4) is 0 Å². The summed E-state index contributed by atoms with van der Waals surface area (Å²) >= 11 is 12.4. The molecule has 3 aromatic rings. The molecule has 0 saturated carbocycles. The molecular weight excluding hydrogens is 572 g/mol. The molecule has 2 fully saturated rings. The third kappa shape index (κ3) is 5.81. The monoisotopic (exact) mass is 598 g/mol. The molecule has 2 aromatic heterocycles. The highest BCUT2D eigenvalue weighted by Crippen LogP contribution is 2.34. The maximum absolute atomic E-state index is 12.9. The molecular formula is C25H27Cl2F3N8O2. The summed E-state index contributed by atoms with van der Waals surface area (Å²) in [6, 6.07) is 7.46. The van der Waals surface area contributed by atoms with Crippen LogP contribution in [0, 0.1) is 0 Å². The molecule has 2 aliphatic rings. The number of carbonyl (C=O) groups excluding carboxylic acids is 1. The van der Waals surface area contributed by atoms with Crippen LogP contribution in [0.15, 0.2) is 28.7 Å². The number of nitrogens with two attached hydrogens (primary N) is 1. The van der Waals surface area contributed by atoms with E-state index in [1.54, 1.807) is 24.3 Å². The first-order chi connectivity index (χ1) is 19.0. The minimum atomic E-state index is -4.80. The zero-order chi connectivity index (χ0) is 28.6. The lowest BCUT2D eigenvalue weighted by Gasteiger charge is -2.47. The fraction of sp³-hybridized carbons (Fsp3) is 0.480. The zero-order valence-corrected chi connectivity index (χ0v) is 23.0. The molecule has 214 valence electrons. The molecule has 10 nitrogen and oxygen atoms in total. The van der Waals surface area contributed by atoms with Gasteiger partial charge in [-0.1, -0.05) is 30.1 Å². The predicted molar refractivity (Wildman–Crippen MR) is 143 cm³/mol. The number of piperidine rings is 1. The normalized spacial score (nSPS) is 19.3. The van der Waals surface area contributed by atoms with E-state index in [9.17, 15) is 18.0 Å². The number of aromatic nitrogens is 4. The van der Waals surface area contributed by atoms with Crippen molar-refractivity contribution in [3.8, 4) is 11.6 Å². The van der Waals surface area contributed by atoms with Gasteiger partial charge in [-0.05, 0) is 43.5 Å². The van der Waals surface area contributed by atoms with Crippen molar-refractivity contribution in [3.05, 3.63) is 45.9 Å². The molecule has 5 rings (SSSR count). The van der Waals surface area contributed by atoms with Gasteiger partial charge in [-0.25, -0.2) is 9.97 Å². The van der Waals surface area contributed by atoms with Crippen molar-refractivity contribution in [1.29, 1.82) is 0 Å². The molecule has 0 bridgehead atoms. The largest absolute Gasteiger partial charge is 0.470 e. The number of benzene rings is 1. The molecule has 1 atom stereocenters. The molecule has 2 saturated heterocycles. The quantitative estimate of drug-likeness (QED) is 0.448. The van der Waals surface area contributed by atoms with Crippen LogP contribution >= 0.6 is 23.2 Å². The Hall–Kier alpha value is -3.16. The van der Waals surface area contributed by atoms with Gasteiger partial charge in [0.25, 0.3) is 11.8 Å². The van der Waals surface area contributed by atoms with Gasteiger partial charge in [0.05, 0.1) is 0 Å². The number of halogens is 5. The van der Waals surface area contributed by atoms with Gasteiger partial charge in [-0.3, -0.25) is 9.69 Å². The molecule has 2 N–H and O–H groups in total. The van der Waals surface area contributed by atoms with E-state index < -0.39 is 18.0 Å². The van der Waals surface area contributed by atoms with Gasteiger partial charge in [0.2, 0.25) is 0 Å². The first kappa shape index (κ1) is 28.4. The molecule has 0 unspecified atom stereocenters. The van der Waals surface area contributed by atoms with Crippen molar-refractivity contribution in [1.82, 2.24) is 30.0 Å². The number of nitrogens with zero attached hydrogens (tertiary/aromatic N) is 7. The highest BCUT2D eigenvalue weighted by Gasteiger charge is 2.39. The second-order valence-corrected chi connectivity index (χ2v) is 10.6. The predicted octanol–water partition coefficient (Wildman–Crippen LogP) is 4.64. The molecule has 0 aliphatic carbocycles. The minimum absolute atomic E-state index is 0.0105. The average molecular weight is 599 g/mol. The van der Waals surface area contributed by atoms with E-state index in [1.807, 2.05) is 9.80 Å². The van der Waals surface area contributed by atoms with E-state index >= 15 is 0 Å². The van der Waals surface area contributed by atoms with Crippen molar-refractivity contribution in [2.24, 2.45) is 0 Å². The third-order valence-electron chi connectivity index (χ3n) is 7.34. The maximum atomic E-state index is 12.9. The summed E-state index contributed by atoms with van der Waals surface area (Å²) < 4.78 is 43.3. The SMILES string of the molecule is CC[C@H]1CN(c2nc(N)c(-c3nnc(C(F)(F)F)o3)nc2Cl)CCN1C1CCN(C(=O)c2ccc(Cl)cc2)CC1. The van der Waals surface area contributed by atoms with Crippen molar-refractivity contribution in [2.75, 3.05) is 43.4 Å². The second kappa shape index (κ2) is 11.4. The Kier molecular flexibility index (Phi) is 8.07. The molecule has 0 radical (unpaired) electrons. The zero-order valence-electron chi connectivity index (χ0n) is 21.5. The van der Waals surface area contributed by atoms with Crippen LogP contribution in [0.25, 0.3) is 11.6 Å². The van der Waals surface area contributed by atoms with Gasteiger partial charge in [0, 0.05) is 55.4 Å². The molecule has 0 spiro atoms. The fourth-order valence-electron chi connectivity index (χ4n) is 5.29. The van der Waals surface area contributed by atoms with E-state index in [2.05, 4.69) is 36.4 Å². The summed E-state index contributed by atoms with van der Waals surface area (Å²) in [5, 5.41) is 6.97. The van der Waals surface area contributed by atoms with Crippen LogP contribution < -0.4 is 10.6 Å². The van der Waals surface area contributed by atoms with E-state index in [4.69, 9.17) is 28.9 Å². The summed E-state index contributed by atoms with van der Waals surface area (Å²) in [6.45, 7) is 5.41. The first-order valence-corrected chi connectivity index (χ1v) is 13.6. The van der Waals surface area contributed by atoms with Crippen LogP contribution in [0.2, 0.25) is 10.2 Å². The highest BCUT2D eigenvalue weighted by atomic mass is 35.5. The Balaban J connectivity index is 1.23. The number of hydrogen-bond acceptors (Lipinski definition) is 9. The van der Waals surface area contributed by atoms with Crippen LogP contribution in [0.4, 0.5) is 24.8 Å². The number of nitrogen functional groups attached to an aromatic ring is 1. The number of hydrogen-bond donors (Lipinski definition) is 1. The minimum Gasteiger partial charge on any atom is -0.411 e. The molecule has 40 heavy (non-hydrogen) atoms. The number of carbonyl (C=O) groups is 1. The van der Waals surface area contributed by atoms with Gasteiger partial charge in [0.1, 0.15) is 0 Å². The van der Waals surface area contributed by atoms with Crippen molar-refractivity contribution in [3.63, 3.8) is 0 Å². The summed E-state index contributed by atoms with van der Waals surface area (Å²) in [7, 11) is 0. The summed E-state index contributed by atoms with van der Waals surface area (Å²) in [6.07, 6.45) is -2.19. The van der Waals surface area contributed by atoms with Gasteiger partial charge in [-0.2, -0.15) is 13.2 Å². The van der Waals surface area contributed by atoms with Crippen LogP contribution in [0.1, 0.15) is 42.4 Å². The lowest BCUT2D eigenvalue weighted by molar-refractivity contribution is -0.156. The molecule has 15 heteroatoms. The topological polar surface area (TPSA) is 118 Å². The van der Waals surface area contributed by atoms with E-state index in [-0.39, 0.29) is 28.6 Å². The van der Waals surface area contributed by atoms with Gasteiger partial charge in [0.15, 0.2) is 22.5 Å². The number of piperazine rings is 1. The second-order valence-electron chi connectivity index (χ2n) is 9.76. The summed E-state index contributed by atoms with van der Waals surface area (Å²) in [4.78, 5) is 27.7. The lowest BCUT2D eigenvalue weighted by atomic mass is 9.97. The van der Waals surface area contributed by atoms with Gasteiger partial charge < -0.3 is 20.0 Å². The number of likely N-dealkylation sites (tertiary alicyclic amines) is 1. The Labute approximate surface area is 238 Å². The summed E-state index contributed by atoms with van der Waals surface area (Å²) in [5.41, 5.74) is 6.45. The Morgan fingerprint density at radius 1 is 1.07 bits per heavy atom. The average Bonchev–Trinajstić information content (AvgIpc) is 3.45. The third-order valence-corrected chi connectivity index (χ3v) is 7.85. The number of alkyl halides is 3. The first-order valence-electron chi connectivity index (χ1n) is 12.8. The summed E-state index contributed by atoms with van der Waals surface area (Å²) in [5.74, 6) is -1.82. The Morgan fingerprint density at radius 2 is 1.77 bits per heavy atom. The van der Waals surface area contributed by atoms with Gasteiger partial charge >= 0.3 is 12.1 Å². The fourth-order valence-corrected chi connectivity index (χ4v) is 5.66. The molecule has 2 aliphatic heterocycles. The van der Waals surface area contributed by atoms with Crippen LogP contribution in [0.5, 0.6) is 0 Å². The van der Waals surface area contributed by atoms with Crippen molar-refractivity contribution >= 4 is 40.7 Å². The maximum Gasteiger partial charge on any atom is 0.470 e. The highest BCUT2D eigenvalue weighted by molar-refractivity contribution is 6.32. The molecule has 4 heterocycles. The molecule has 1 amide bonds. The van der Waals surface area contributed by atoms with E-state index in [0.29, 0.717) is 48.6 Å². The van der Waals surface area contributed by atoms with Crippen molar-refractivity contribution < 1.29 is 22.4 Å². The standard InChI is InChI=1S/C25H27Cl2F3N8O2/c1-2-16-13-37(21-19(27)32-18(20(31)33-21)22-34-35-24(40-22)25(28,29)30)11-12-38(16)17-7-9-36(10-8-17)23(39)14-3-5-15(26)6-4-14/h3-6,16-17H,2,7-13H2,1H3,(H2,31,33)/t16-/m0/s1. The van der Waals surface area contributed by atoms with Crippen LogP contribution in [-0.2, 0) is 6.18 Å². The van der Waals surface area contributed by atoms with E-state index in [1.165, 1.54) is 0 Å². The van der Waals surface area contributed by atoms with Crippen LogP contribution in [-0.4, -0.2) is 80.7 Å². The lowest BCUT2D eigenvalue weighted by Crippen LogP contribution is -2.58. The number of anilines is 2. The van der Waals surface area contributed by atoms with Crippen molar-refractivity contribution in [2.45, 2.75) is 44.4 Å². The number of rotatable bonds is 5. The smallest absolute Gasteiger partial charge is 0.411 e. The Morgan fingerprint density at radius 3 is 2.40 bits per heavy atom. The van der Waals surface area contributed by atoms with Gasteiger partial charge in [-0.15, -0.1) is 10.2 Å². The molecule has 1 aromatic carbocycles. The van der Waals surface area contributed by atoms with E-state index in [0.717, 1.165) is 25.8 Å². The Bertz CT molecular complexity index is 1360.